The first kappa shape index (κ1) is 12.1. The van der Waals surface area contributed by atoms with Gasteiger partial charge >= 0.3 is 5.97 Å². The van der Waals surface area contributed by atoms with Crippen molar-refractivity contribution in [3.63, 3.8) is 0 Å². The summed E-state index contributed by atoms with van der Waals surface area (Å²) in [6, 6.07) is 9.74. The van der Waals surface area contributed by atoms with Gasteiger partial charge in [0.15, 0.2) is 0 Å². The van der Waals surface area contributed by atoms with E-state index in [2.05, 4.69) is 0 Å². The molecule has 1 saturated heterocycles. The van der Waals surface area contributed by atoms with Crippen LogP contribution in [-0.2, 0) is 14.3 Å². The van der Waals surface area contributed by atoms with Gasteiger partial charge in [-0.25, -0.2) is 0 Å². The smallest absolute Gasteiger partial charge is 0.302 e. The van der Waals surface area contributed by atoms with Crippen molar-refractivity contribution in [2.45, 2.75) is 31.7 Å². The van der Waals surface area contributed by atoms with Crippen LogP contribution in [-0.4, -0.2) is 29.9 Å². The number of hydrogen-bond donors (Lipinski definition) is 1. The molecule has 17 heavy (non-hydrogen) atoms. The first-order chi connectivity index (χ1) is 8.16. The zero-order valence-corrected chi connectivity index (χ0v) is 9.70. The van der Waals surface area contributed by atoms with Gasteiger partial charge in [0.1, 0.15) is 12.2 Å². The van der Waals surface area contributed by atoms with Gasteiger partial charge in [-0.05, 0) is 5.56 Å². The Labute approximate surface area is 100 Å². The van der Waals surface area contributed by atoms with Gasteiger partial charge in [0.2, 0.25) is 0 Å². The highest BCUT2D eigenvalue weighted by atomic mass is 16.6. The first-order valence-electron chi connectivity index (χ1n) is 5.68. The van der Waals surface area contributed by atoms with E-state index in [4.69, 9.17) is 9.47 Å². The quantitative estimate of drug-likeness (QED) is 0.789. The van der Waals surface area contributed by atoms with Gasteiger partial charge in [0, 0.05) is 13.3 Å². The molecular weight excluding hydrogens is 220 g/mol. The fourth-order valence-corrected chi connectivity index (χ4v) is 2.00. The molecule has 1 heterocycles. The number of benzene rings is 1. The van der Waals surface area contributed by atoms with E-state index in [0.29, 0.717) is 6.42 Å². The summed E-state index contributed by atoms with van der Waals surface area (Å²) in [6.45, 7) is 1.54. The second-order valence-corrected chi connectivity index (χ2v) is 4.18. The molecule has 92 valence electrons. The van der Waals surface area contributed by atoms with Crippen molar-refractivity contribution in [3.8, 4) is 0 Å². The number of ether oxygens (including phenoxy) is 2. The summed E-state index contributed by atoms with van der Waals surface area (Å²) < 4.78 is 10.6. The lowest BCUT2D eigenvalue weighted by Crippen LogP contribution is -2.40. The maximum absolute atomic E-state index is 10.9. The Morgan fingerprint density at radius 3 is 2.76 bits per heavy atom. The van der Waals surface area contributed by atoms with Crippen LogP contribution < -0.4 is 0 Å². The number of hydrogen-bond acceptors (Lipinski definition) is 4. The Hall–Kier alpha value is -1.39. The number of rotatable bonds is 2. The van der Waals surface area contributed by atoms with Crippen molar-refractivity contribution in [1.29, 1.82) is 0 Å². The summed E-state index contributed by atoms with van der Waals surface area (Å²) in [5, 5.41) is 9.68. The van der Waals surface area contributed by atoms with Gasteiger partial charge in [0.05, 0.1) is 12.7 Å². The molecule has 1 aromatic rings. The van der Waals surface area contributed by atoms with E-state index in [1.807, 2.05) is 30.3 Å². The second kappa shape index (κ2) is 5.29. The minimum atomic E-state index is -0.737. The van der Waals surface area contributed by atoms with Crippen molar-refractivity contribution < 1.29 is 19.4 Å². The van der Waals surface area contributed by atoms with E-state index in [1.54, 1.807) is 0 Å². The molecule has 0 unspecified atom stereocenters. The van der Waals surface area contributed by atoms with E-state index >= 15 is 0 Å². The van der Waals surface area contributed by atoms with Crippen LogP contribution in [0.2, 0.25) is 0 Å². The fourth-order valence-electron chi connectivity index (χ4n) is 2.00. The van der Waals surface area contributed by atoms with Gasteiger partial charge < -0.3 is 14.6 Å². The van der Waals surface area contributed by atoms with E-state index < -0.39 is 12.2 Å². The maximum Gasteiger partial charge on any atom is 0.302 e. The molecule has 1 aliphatic rings. The molecule has 0 radical (unpaired) electrons. The highest BCUT2D eigenvalue weighted by molar-refractivity contribution is 5.66. The van der Waals surface area contributed by atoms with Gasteiger partial charge in [-0.2, -0.15) is 0 Å². The highest BCUT2D eigenvalue weighted by Crippen LogP contribution is 2.29. The van der Waals surface area contributed by atoms with Crippen molar-refractivity contribution in [1.82, 2.24) is 0 Å². The maximum atomic E-state index is 10.9. The van der Waals surface area contributed by atoms with Crippen molar-refractivity contribution >= 4 is 5.97 Å². The molecule has 0 amide bonds. The second-order valence-electron chi connectivity index (χ2n) is 4.18. The summed E-state index contributed by atoms with van der Waals surface area (Å²) in [6.07, 6.45) is -0.848. The average molecular weight is 236 g/mol. The molecule has 3 atom stereocenters. The lowest BCUT2D eigenvalue weighted by Gasteiger charge is -2.33. The van der Waals surface area contributed by atoms with Gasteiger partial charge in [-0.15, -0.1) is 0 Å². The predicted octanol–water partition coefficient (Wildman–Crippen LogP) is 1.44. The van der Waals surface area contributed by atoms with Crippen LogP contribution in [0.25, 0.3) is 0 Å². The number of aliphatic hydroxyl groups is 1. The Morgan fingerprint density at radius 2 is 2.12 bits per heavy atom. The summed E-state index contributed by atoms with van der Waals surface area (Å²) in [4.78, 5) is 10.9. The largest absolute Gasteiger partial charge is 0.460 e. The lowest BCUT2D eigenvalue weighted by atomic mass is 9.98. The third-order valence-corrected chi connectivity index (χ3v) is 2.83. The first-order valence-corrected chi connectivity index (χ1v) is 5.68. The molecule has 0 bridgehead atoms. The van der Waals surface area contributed by atoms with E-state index in [9.17, 15) is 9.90 Å². The average Bonchev–Trinajstić information content (AvgIpc) is 2.32. The SMILES string of the molecule is CC(=O)O[C@@H]1C[C@@H](c2ccccc2)OC[C@H]1O. The zero-order valence-electron chi connectivity index (χ0n) is 9.70. The standard InChI is InChI=1S/C13H16O4/c1-9(14)17-13-7-12(16-8-11(13)15)10-5-3-2-4-6-10/h2-6,11-13,15H,7-8H2,1H3/t11-,12+,13-/m1/s1. The van der Waals surface area contributed by atoms with Crippen LogP contribution in [0.15, 0.2) is 30.3 Å². The summed E-state index contributed by atoms with van der Waals surface area (Å²) >= 11 is 0. The van der Waals surface area contributed by atoms with Gasteiger partial charge in [-0.1, -0.05) is 30.3 Å². The third kappa shape index (κ3) is 3.05. The zero-order chi connectivity index (χ0) is 12.3. The molecule has 1 N–H and O–H groups in total. The van der Waals surface area contributed by atoms with E-state index in [1.165, 1.54) is 6.92 Å². The topological polar surface area (TPSA) is 55.8 Å². The van der Waals surface area contributed by atoms with Crippen LogP contribution in [0.1, 0.15) is 25.0 Å². The summed E-state index contributed by atoms with van der Waals surface area (Å²) in [7, 11) is 0. The molecule has 0 aliphatic carbocycles. The van der Waals surface area contributed by atoms with Gasteiger partial charge in [0.25, 0.3) is 0 Å². The third-order valence-electron chi connectivity index (χ3n) is 2.83. The number of carbonyl (C=O) groups is 1. The minimum absolute atomic E-state index is 0.121. The highest BCUT2D eigenvalue weighted by Gasteiger charge is 2.32. The monoisotopic (exact) mass is 236 g/mol. The predicted molar refractivity (Wildman–Crippen MR) is 61.3 cm³/mol. The Bertz CT molecular complexity index is 376. The summed E-state index contributed by atoms with van der Waals surface area (Å²) in [5.74, 6) is -0.372. The van der Waals surface area contributed by atoms with E-state index in [0.717, 1.165) is 5.56 Å². The Morgan fingerprint density at radius 1 is 1.41 bits per heavy atom. The molecule has 2 rings (SSSR count). The molecule has 0 spiro atoms. The van der Waals surface area contributed by atoms with Crippen LogP contribution in [0.5, 0.6) is 0 Å². The van der Waals surface area contributed by atoms with Crippen LogP contribution in [0.4, 0.5) is 0 Å². The number of aliphatic hydroxyl groups excluding tert-OH is 1. The lowest BCUT2D eigenvalue weighted by molar-refractivity contribution is -0.171. The normalized spacial score (nSPS) is 28.7. The molecule has 1 aliphatic heterocycles. The van der Waals surface area contributed by atoms with Crippen molar-refractivity contribution in [2.24, 2.45) is 0 Å². The van der Waals surface area contributed by atoms with Crippen molar-refractivity contribution in [3.05, 3.63) is 35.9 Å². The molecule has 0 saturated carbocycles. The minimum Gasteiger partial charge on any atom is -0.460 e. The van der Waals surface area contributed by atoms with Crippen LogP contribution >= 0.6 is 0 Å². The Kier molecular flexibility index (Phi) is 3.76. The number of esters is 1. The molecule has 0 aromatic heterocycles. The Balaban J connectivity index is 2.05. The summed E-state index contributed by atoms with van der Waals surface area (Å²) in [5.41, 5.74) is 1.04. The van der Waals surface area contributed by atoms with Crippen LogP contribution in [0.3, 0.4) is 0 Å². The van der Waals surface area contributed by atoms with Crippen molar-refractivity contribution in [2.75, 3.05) is 6.61 Å². The molecule has 4 heteroatoms. The molecular formula is C13H16O4. The number of carbonyl (C=O) groups excluding carboxylic acids is 1. The molecule has 1 fully saturated rings. The molecule has 4 nitrogen and oxygen atoms in total. The van der Waals surface area contributed by atoms with Gasteiger partial charge in [-0.3, -0.25) is 4.79 Å². The molecule has 1 aromatic carbocycles. The van der Waals surface area contributed by atoms with E-state index in [-0.39, 0.29) is 18.7 Å². The fraction of sp³-hybridized carbons (Fsp3) is 0.462. The van der Waals surface area contributed by atoms with Crippen LogP contribution in [0, 0.1) is 0 Å².